The van der Waals surface area contributed by atoms with E-state index in [4.69, 9.17) is 0 Å². The van der Waals surface area contributed by atoms with Gasteiger partial charge in [-0.1, -0.05) is 0 Å². The van der Waals surface area contributed by atoms with Crippen LogP contribution in [0.4, 0.5) is 13.9 Å². The molecule has 1 unspecified atom stereocenters. The summed E-state index contributed by atoms with van der Waals surface area (Å²) < 4.78 is 25.7. The molecular formula is C9H11F2N3OS. The van der Waals surface area contributed by atoms with Gasteiger partial charge in [-0.3, -0.25) is 10.1 Å². The Bertz CT molecular complexity index is 407. The number of thiazole rings is 1. The molecule has 1 saturated heterocycles. The molecule has 2 heterocycles. The van der Waals surface area contributed by atoms with Crippen molar-refractivity contribution in [2.75, 3.05) is 11.9 Å². The highest BCUT2D eigenvalue weighted by Gasteiger charge is 2.42. The van der Waals surface area contributed by atoms with Gasteiger partial charge in [-0.2, -0.15) is 0 Å². The number of nitrogens with zero attached hydrogens (tertiary/aromatic N) is 1. The summed E-state index contributed by atoms with van der Waals surface area (Å²) in [5.41, 5.74) is 0.796. The lowest BCUT2D eigenvalue weighted by atomic mass is 10.2. The number of aromatic nitrogens is 1. The summed E-state index contributed by atoms with van der Waals surface area (Å²) in [6.45, 7) is 1.36. The van der Waals surface area contributed by atoms with Crippen LogP contribution < -0.4 is 10.6 Å². The number of nitrogens with one attached hydrogen (secondary N) is 2. The fraction of sp³-hybridized carbons (Fsp3) is 0.556. The first-order valence-corrected chi connectivity index (χ1v) is 5.68. The van der Waals surface area contributed by atoms with Gasteiger partial charge in [0.2, 0.25) is 5.91 Å². The third-order valence-electron chi connectivity index (χ3n) is 2.28. The molecule has 1 fully saturated rings. The molecule has 1 aromatic heterocycles. The summed E-state index contributed by atoms with van der Waals surface area (Å²) in [6, 6.07) is -0.834. The molecule has 88 valence electrons. The van der Waals surface area contributed by atoms with Crippen LogP contribution in [0.5, 0.6) is 0 Å². The third kappa shape index (κ3) is 2.53. The van der Waals surface area contributed by atoms with E-state index in [1.54, 1.807) is 12.3 Å². The van der Waals surface area contributed by atoms with Crippen molar-refractivity contribution in [1.82, 2.24) is 10.3 Å². The Morgan fingerprint density at radius 1 is 1.75 bits per heavy atom. The van der Waals surface area contributed by atoms with Gasteiger partial charge in [-0.05, 0) is 6.92 Å². The van der Waals surface area contributed by atoms with E-state index < -0.39 is 30.8 Å². The van der Waals surface area contributed by atoms with Crippen molar-refractivity contribution in [2.24, 2.45) is 0 Å². The van der Waals surface area contributed by atoms with Crippen LogP contribution in [0.2, 0.25) is 0 Å². The van der Waals surface area contributed by atoms with Crippen LogP contribution in [0, 0.1) is 6.92 Å². The third-order valence-corrected chi connectivity index (χ3v) is 3.15. The van der Waals surface area contributed by atoms with E-state index in [9.17, 15) is 13.6 Å². The van der Waals surface area contributed by atoms with Crippen molar-refractivity contribution < 1.29 is 13.6 Å². The number of alkyl halides is 2. The standard InChI is InChI=1S/C9H11F2N3OS/c1-5-3-16-8(13-5)14-7(15)6-2-9(10,11)4-12-6/h3,6,12H,2,4H2,1H3,(H,13,14,15). The van der Waals surface area contributed by atoms with Gasteiger partial charge >= 0.3 is 0 Å². The van der Waals surface area contributed by atoms with Gasteiger partial charge in [0.25, 0.3) is 5.92 Å². The van der Waals surface area contributed by atoms with Gasteiger partial charge in [-0.15, -0.1) is 11.3 Å². The molecule has 1 aromatic rings. The number of halogens is 2. The number of anilines is 1. The van der Waals surface area contributed by atoms with E-state index in [0.717, 1.165) is 5.69 Å². The van der Waals surface area contributed by atoms with Crippen molar-refractivity contribution >= 4 is 22.4 Å². The fourth-order valence-corrected chi connectivity index (χ4v) is 2.20. The molecule has 1 atom stereocenters. The minimum atomic E-state index is -2.79. The van der Waals surface area contributed by atoms with Crippen molar-refractivity contribution in [3.8, 4) is 0 Å². The lowest BCUT2D eigenvalue weighted by Gasteiger charge is -2.08. The van der Waals surface area contributed by atoms with E-state index in [0.29, 0.717) is 5.13 Å². The van der Waals surface area contributed by atoms with Gasteiger partial charge < -0.3 is 5.32 Å². The van der Waals surface area contributed by atoms with E-state index >= 15 is 0 Å². The maximum absolute atomic E-state index is 12.8. The first-order valence-electron chi connectivity index (χ1n) is 4.80. The van der Waals surface area contributed by atoms with E-state index in [1.807, 2.05) is 0 Å². The summed E-state index contributed by atoms with van der Waals surface area (Å²) >= 11 is 1.28. The molecule has 4 nitrogen and oxygen atoms in total. The zero-order valence-electron chi connectivity index (χ0n) is 8.59. The summed E-state index contributed by atoms with van der Waals surface area (Å²) in [7, 11) is 0. The number of carbonyl (C=O) groups is 1. The second-order valence-electron chi connectivity index (χ2n) is 3.78. The molecule has 0 aromatic carbocycles. The largest absolute Gasteiger partial charge is 0.301 e. The number of amides is 1. The van der Waals surface area contributed by atoms with Crippen molar-refractivity contribution in [2.45, 2.75) is 25.3 Å². The lowest BCUT2D eigenvalue weighted by Crippen LogP contribution is -2.35. The van der Waals surface area contributed by atoms with Crippen molar-refractivity contribution in [3.05, 3.63) is 11.1 Å². The second-order valence-corrected chi connectivity index (χ2v) is 4.63. The topological polar surface area (TPSA) is 54.0 Å². The Kier molecular flexibility index (Phi) is 2.90. The van der Waals surface area contributed by atoms with Crippen LogP contribution in [0.25, 0.3) is 0 Å². The zero-order chi connectivity index (χ0) is 11.8. The first-order chi connectivity index (χ1) is 7.46. The average Bonchev–Trinajstić information content (AvgIpc) is 2.72. The molecule has 0 aliphatic carbocycles. The molecule has 1 aliphatic heterocycles. The lowest BCUT2D eigenvalue weighted by molar-refractivity contribution is -0.118. The van der Waals surface area contributed by atoms with Gasteiger partial charge in [0.15, 0.2) is 5.13 Å². The van der Waals surface area contributed by atoms with Crippen LogP contribution in [0.1, 0.15) is 12.1 Å². The number of hydrogen-bond donors (Lipinski definition) is 2. The van der Waals surface area contributed by atoms with Crippen LogP contribution >= 0.6 is 11.3 Å². The van der Waals surface area contributed by atoms with Gasteiger partial charge in [-0.25, -0.2) is 13.8 Å². The molecule has 0 radical (unpaired) electrons. The number of hydrogen-bond acceptors (Lipinski definition) is 4. The van der Waals surface area contributed by atoms with Gasteiger partial charge in [0.05, 0.1) is 18.3 Å². The Labute approximate surface area is 95.1 Å². The number of rotatable bonds is 2. The summed E-state index contributed by atoms with van der Waals surface area (Å²) in [5, 5.41) is 7.23. The van der Waals surface area contributed by atoms with Gasteiger partial charge in [0.1, 0.15) is 0 Å². The molecule has 0 saturated carbocycles. The molecule has 0 spiro atoms. The van der Waals surface area contributed by atoms with Crippen LogP contribution in [-0.4, -0.2) is 29.4 Å². The zero-order valence-corrected chi connectivity index (χ0v) is 9.41. The molecule has 16 heavy (non-hydrogen) atoms. The quantitative estimate of drug-likeness (QED) is 0.830. The molecule has 7 heteroatoms. The predicted octanol–water partition coefficient (Wildman–Crippen LogP) is 1.39. The van der Waals surface area contributed by atoms with Crippen molar-refractivity contribution in [3.63, 3.8) is 0 Å². The Balaban J connectivity index is 1.94. The highest BCUT2D eigenvalue weighted by atomic mass is 32.1. The fourth-order valence-electron chi connectivity index (χ4n) is 1.50. The maximum Gasteiger partial charge on any atom is 0.262 e. The summed E-state index contributed by atoms with van der Waals surface area (Å²) in [6.07, 6.45) is -0.455. The van der Waals surface area contributed by atoms with Crippen LogP contribution in [0.15, 0.2) is 5.38 Å². The maximum atomic E-state index is 12.8. The molecule has 1 aliphatic rings. The Morgan fingerprint density at radius 2 is 2.50 bits per heavy atom. The average molecular weight is 247 g/mol. The molecule has 1 amide bonds. The smallest absolute Gasteiger partial charge is 0.262 e. The number of carbonyl (C=O) groups excluding carboxylic acids is 1. The minimum Gasteiger partial charge on any atom is -0.301 e. The summed E-state index contributed by atoms with van der Waals surface area (Å²) in [5.74, 6) is -3.24. The molecule has 2 rings (SSSR count). The monoisotopic (exact) mass is 247 g/mol. The van der Waals surface area contributed by atoms with E-state index in [2.05, 4.69) is 15.6 Å². The highest BCUT2D eigenvalue weighted by Crippen LogP contribution is 2.26. The van der Waals surface area contributed by atoms with Crippen LogP contribution in [0.3, 0.4) is 0 Å². The number of aryl methyl sites for hydroxylation is 1. The van der Waals surface area contributed by atoms with E-state index in [1.165, 1.54) is 11.3 Å². The molecule has 2 N–H and O–H groups in total. The molecule has 0 bridgehead atoms. The minimum absolute atomic E-state index is 0.442. The SMILES string of the molecule is Cc1csc(NC(=O)C2CC(F)(F)CN2)n1. The molecular weight excluding hydrogens is 236 g/mol. The highest BCUT2D eigenvalue weighted by molar-refractivity contribution is 7.13. The Morgan fingerprint density at radius 3 is 3.00 bits per heavy atom. The summed E-state index contributed by atoms with van der Waals surface area (Å²) in [4.78, 5) is 15.6. The van der Waals surface area contributed by atoms with E-state index in [-0.39, 0.29) is 0 Å². The predicted molar refractivity (Wildman–Crippen MR) is 56.8 cm³/mol. The van der Waals surface area contributed by atoms with Crippen molar-refractivity contribution in [1.29, 1.82) is 0 Å². The van der Waals surface area contributed by atoms with Gasteiger partial charge in [0, 0.05) is 11.8 Å². The first kappa shape index (κ1) is 11.4. The van der Waals surface area contributed by atoms with Crippen LogP contribution in [-0.2, 0) is 4.79 Å². The Hall–Kier alpha value is -1.08. The normalized spacial score (nSPS) is 23.3. The second kappa shape index (κ2) is 4.06.